The Bertz CT molecular complexity index is 2470. The number of alkyl halides is 3. The highest BCUT2D eigenvalue weighted by Gasteiger charge is 2.31. The number of pyridine rings is 1. The lowest BCUT2D eigenvalue weighted by atomic mass is 10.1. The lowest BCUT2D eigenvalue weighted by Gasteiger charge is -2.12. The first-order chi connectivity index (χ1) is 25.2. The molecule has 0 unspecified atom stereocenters. The summed E-state index contributed by atoms with van der Waals surface area (Å²) in [6.45, 7) is 3.70. The molecule has 0 amide bonds. The van der Waals surface area contributed by atoms with Crippen molar-refractivity contribution in [2.75, 3.05) is 7.11 Å². The van der Waals surface area contributed by atoms with Gasteiger partial charge in [-0.2, -0.15) is 0 Å². The highest BCUT2D eigenvalue weighted by molar-refractivity contribution is 6.32. The number of ether oxygens (including phenoxy) is 2. The second-order valence-corrected chi connectivity index (χ2v) is 12.1. The zero-order valence-electron chi connectivity index (χ0n) is 28.2. The predicted molar refractivity (Wildman–Crippen MR) is 187 cm³/mol. The van der Waals surface area contributed by atoms with Gasteiger partial charge in [-0.25, -0.2) is 0 Å². The Morgan fingerprint density at radius 3 is 2.47 bits per heavy atom. The number of H-pyrrole nitrogens is 1. The second-order valence-electron chi connectivity index (χ2n) is 11.7. The number of carboxylic acids is 1. The highest BCUT2D eigenvalue weighted by Crippen LogP contribution is 2.35. The molecule has 0 saturated carbocycles. The van der Waals surface area contributed by atoms with Crippen molar-refractivity contribution >= 4 is 45.2 Å². The number of hydrogen-bond acceptors (Lipinski definition) is 9. The molecule has 272 valence electrons. The number of methoxy groups -OCH3 is 1. The number of ketones is 1. The maximum Gasteiger partial charge on any atom is 0.573 e. The minimum Gasteiger partial charge on any atom is -0.506 e. The Morgan fingerprint density at radius 2 is 1.77 bits per heavy atom. The first-order valence-electron chi connectivity index (χ1n) is 15.7. The number of fused-ring (bicyclic) bond motifs is 2. The Morgan fingerprint density at radius 1 is 0.981 bits per heavy atom. The van der Waals surface area contributed by atoms with Gasteiger partial charge in [-0.05, 0) is 79.6 Å². The van der Waals surface area contributed by atoms with Crippen LogP contribution < -0.4 is 9.47 Å². The molecule has 0 radical (unpaired) electrons. The van der Waals surface area contributed by atoms with Crippen LogP contribution in [0.25, 0.3) is 33.4 Å². The van der Waals surface area contributed by atoms with E-state index in [0.29, 0.717) is 44.7 Å². The number of carbonyl (C=O) groups is 2. The largest absolute Gasteiger partial charge is 0.573 e. The zero-order chi connectivity index (χ0) is 38.0. The molecule has 0 aliphatic heterocycles. The van der Waals surface area contributed by atoms with Crippen molar-refractivity contribution in [2.45, 2.75) is 33.2 Å². The molecule has 16 heteroatoms. The van der Waals surface area contributed by atoms with Gasteiger partial charge in [0, 0.05) is 40.4 Å². The number of halogens is 4. The van der Waals surface area contributed by atoms with Crippen LogP contribution in [0.2, 0.25) is 5.02 Å². The number of aliphatic carboxylic acids is 1. The van der Waals surface area contributed by atoms with Crippen LogP contribution >= 0.6 is 11.6 Å². The van der Waals surface area contributed by atoms with Gasteiger partial charge in [0.05, 0.1) is 29.6 Å². The van der Waals surface area contributed by atoms with Crippen LogP contribution in [0.1, 0.15) is 38.8 Å². The van der Waals surface area contributed by atoms with Crippen molar-refractivity contribution in [1.82, 2.24) is 24.7 Å². The van der Waals surface area contributed by atoms with E-state index in [-0.39, 0.29) is 47.1 Å². The second kappa shape index (κ2) is 14.7. The van der Waals surface area contributed by atoms with Crippen LogP contribution in [-0.4, -0.2) is 60.2 Å². The zero-order valence-corrected chi connectivity index (χ0v) is 28.9. The lowest BCUT2D eigenvalue weighted by molar-refractivity contribution is -0.274. The van der Waals surface area contributed by atoms with Crippen molar-refractivity contribution in [3.05, 3.63) is 118 Å². The number of aromatic hydroxyl groups is 1. The predicted octanol–water partition coefficient (Wildman–Crippen LogP) is 8.04. The number of rotatable bonds is 9. The Balaban J connectivity index is 0.000000182. The lowest BCUT2D eigenvalue weighted by Crippen LogP contribution is -2.17. The first-order valence-corrected chi connectivity index (χ1v) is 16.1. The summed E-state index contributed by atoms with van der Waals surface area (Å²) in [6, 6.07) is 19.3. The molecule has 12 nitrogen and oxygen atoms in total. The van der Waals surface area contributed by atoms with E-state index < -0.39 is 12.3 Å². The van der Waals surface area contributed by atoms with Crippen molar-refractivity contribution in [2.24, 2.45) is 0 Å². The molecule has 0 bridgehead atoms. The van der Waals surface area contributed by atoms with Gasteiger partial charge in [0.2, 0.25) is 0 Å². The van der Waals surface area contributed by atoms with E-state index >= 15 is 0 Å². The van der Waals surface area contributed by atoms with Crippen LogP contribution in [-0.2, 0) is 17.8 Å². The number of aryl methyl sites for hydroxylation is 1. The number of carboxylic acid groups (broad SMARTS) is 1. The fourth-order valence-electron chi connectivity index (χ4n) is 5.90. The molecule has 4 aromatic heterocycles. The molecule has 53 heavy (non-hydrogen) atoms. The Labute approximate surface area is 303 Å². The van der Waals surface area contributed by atoms with E-state index in [1.165, 1.54) is 30.3 Å². The summed E-state index contributed by atoms with van der Waals surface area (Å²) in [4.78, 5) is 31.5. The molecule has 0 spiro atoms. The van der Waals surface area contributed by atoms with Gasteiger partial charge in [-0.1, -0.05) is 29.8 Å². The molecule has 0 aliphatic rings. The van der Waals surface area contributed by atoms with Crippen LogP contribution in [0.15, 0.2) is 83.4 Å². The number of nitrogens with zero attached hydrogens (tertiary/aromatic N) is 4. The van der Waals surface area contributed by atoms with Gasteiger partial charge in [0.1, 0.15) is 22.9 Å². The number of hydrogen-bond donors (Lipinski definition) is 3. The van der Waals surface area contributed by atoms with E-state index in [1.54, 1.807) is 43.0 Å². The smallest absolute Gasteiger partial charge is 0.506 e. The summed E-state index contributed by atoms with van der Waals surface area (Å²) in [6.07, 6.45) is -3.45. The molecule has 4 heterocycles. The fraction of sp³-hybridized carbons (Fsp3) is 0.162. The molecule has 7 rings (SSSR count). The SMILES string of the molecule is COc1ccc2[nH]c(C)c(C(=O)c3nnc(-c4ccccn4)o3)c2c1.Cc1c(CC(=O)O)c2cc(O)c(Cl)cc2n1Cc1cccc(OC(F)(F)F)c1. The number of nitrogens with one attached hydrogen (secondary N) is 1. The molecule has 0 aliphatic carbocycles. The van der Waals surface area contributed by atoms with Gasteiger partial charge in [0.15, 0.2) is 0 Å². The van der Waals surface area contributed by atoms with Crippen LogP contribution in [0.3, 0.4) is 0 Å². The van der Waals surface area contributed by atoms with Gasteiger partial charge in [0.25, 0.3) is 17.6 Å². The summed E-state index contributed by atoms with van der Waals surface area (Å²) in [5.74, 6) is -1.12. The summed E-state index contributed by atoms with van der Waals surface area (Å²) in [7, 11) is 1.58. The maximum absolute atomic E-state index is 12.9. The summed E-state index contributed by atoms with van der Waals surface area (Å²) in [5.41, 5.74) is 4.78. The number of phenols is 1. The molecule has 0 atom stereocenters. The number of benzene rings is 3. The number of aromatic nitrogens is 5. The summed E-state index contributed by atoms with van der Waals surface area (Å²) >= 11 is 6.00. The van der Waals surface area contributed by atoms with Crippen LogP contribution in [0, 0.1) is 13.8 Å². The van der Waals surface area contributed by atoms with E-state index in [2.05, 4.69) is 24.9 Å². The maximum atomic E-state index is 12.9. The standard InChI is InChI=1S/C19H15ClF3NO4.C18H14N4O3/c1-10-13(7-18(26)27)14-6-17(25)15(20)8-16(14)24(10)9-11-3-2-4-12(5-11)28-19(21,22)23;1-10-15(12-9-11(24-2)6-7-13(12)20-10)16(23)18-22-21-17(25-18)14-5-3-4-8-19-14/h2-6,8,25H,7,9H2,1H3,(H,26,27);3-9,20H,1-2H3. The van der Waals surface area contributed by atoms with E-state index in [1.807, 2.05) is 31.2 Å². The molecule has 3 N–H and O–H groups in total. The fourth-order valence-corrected chi connectivity index (χ4v) is 6.05. The van der Waals surface area contributed by atoms with E-state index in [9.17, 15) is 33.0 Å². The van der Waals surface area contributed by atoms with Crippen molar-refractivity contribution in [3.63, 3.8) is 0 Å². The average Bonchev–Trinajstić information content (AvgIpc) is 3.80. The Hall–Kier alpha value is -6.35. The molecule has 3 aromatic carbocycles. The minimum atomic E-state index is -4.80. The minimum absolute atomic E-state index is 0.0764. The van der Waals surface area contributed by atoms with E-state index in [0.717, 1.165) is 16.6 Å². The quantitative estimate of drug-likeness (QED) is 0.123. The highest BCUT2D eigenvalue weighted by atomic mass is 35.5. The average molecular weight is 748 g/mol. The monoisotopic (exact) mass is 747 g/mol. The third kappa shape index (κ3) is 7.94. The van der Waals surface area contributed by atoms with Crippen molar-refractivity contribution in [1.29, 1.82) is 0 Å². The third-order valence-corrected chi connectivity index (χ3v) is 8.55. The third-order valence-electron chi connectivity index (χ3n) is 8.25. The van der Waals surface area contributed by atoms with Crippen LogP contribution in [0.4, 0.5) is 13.2 Å². The van der Waals surface area contributed by atoms with Crippen molar-refractivity contribution < 1.29 is 46.9 Å². The van der Waals surface area contributed by atoms with Crippen molar-refractivity contribution in [3.8, 4) is 28.8 Å². The molecule has 0 fully saturated rings. The van der Waals surface area contributed by atoms with E-state index in [4.69, 9.17) is 20.8 Å². The Kier molecular flexibility index (Phi) is 10.1. The van der Waals surface area contributed by atoms with Gasteiger partial charge in [-0.15, -0.1) is 23.4 Å². The van der Waals surface area contributed by atoms with Gasteiger partial charge < -0.3 is 33.7 Å². The summed E-state index contributed by atoms with van der Waals surface area (Å²) < 4.78 is 53.9. The normalized spacial score (nSPS) is 11.4. The molecular weight excluding hydrogens is 719 g/mol. The number of carbonyl (C=O) groups excluding carboxylic acids is 1. The van der Waals surface area contributed by atoms with Crippen LogP contribution in [0.5, 0.6) is 17.2 Å². The van der Waals surface area contributed by atoms with Gasteiger partial charge >= 0.3 is 12.3 Å². The molecule has 7 aromatic rings. The first kappa shape index (κ1) is 36.4. The van der Waals surface area contributed by atoms with Gasteiger partial charge in [-0.3, -0.25) is 14.6 Å². The number of phenolic OH excluding ortho intramolecular Hbond substituents is 1. The molecular formula is C37H29ClF3N5O7. The number of aromatic amines is 1. The molecule has 0 saturated heterocycles. The summed E-state index contributed by atoms with van der Waals surface area (Å²) in [5, 5.41) is 28.3. The topological polar surface area (TPSA) is 166 Å².